The van der Waals surface area contributed by atoms with Crippen LogP contribution in [0.5, 0.6) is 0 Å². The van der Waals surface area contributed by atoms with Gasteiger partial charge in [0, 0.05) is 12.1 Å². The molecule has 2 N–H and O–H groups in total. The molecule has 0 bridgehead atoms. The van der Waals surface area contributed by atoms with Gasteiger partial charge in [0.25, 0.3) is 0 Å². The van der Waals surface area contributed by atoms with Crippen molar-refractivity contribution in [1.82, 2.24) is 5.32 Å². The standard InChI is InChI=1S/C20H29N3O2/c1-19(2,3)22-13-18(24)14-25-23-17-9-11-20(15-21,12-10-17)16-7-5-4-6-8-16/h4-8,18,22,24H,9-14H2,1-3H3/t18-,20?/m1/s1. The molecular formula is C20H29N3O2. The topological polar surface area (TPSA) is 77.6 Å². The van der Waals surface area contributed by atoms with Crippen LogP contribution in [0.1, 0.15) is 52.0 Å². The van der Waals surface area contributed by atoms with Crippen molar-refractivity contribution in [3.8, 4) is 6.07 Å². The summed E-state index contributed by atoms with van der Waals surface area (Å²) in [6, 6.07) is 12.5. The number of hydrogen-bond acceptors (Lipinski definition) is 5. The lowest BCUT2D eigenvalue weighted by Gasteiger charge is -2.31. The van der Waals surface area contributed by atoms with E-state index in [1.807, 2.05) is 30.3 Å². The second-order valence-corrected chi connectivity index (χ2v) is 7.80. The van der Waals surface area contributed by atoms with Crippen LogP contribution < -0.4 is 5.32 Å². The van der Waals surface area contributed by atoms with Crippen molar-refractivity contribution in [3.63, 3.8) is 0 Å². The summed E-state index contributed by atoms with van der Waals surface area (Å²) in [5.74, 6) is 0. The Balaban J connectivity index is 1.81. The fourth-order valence-electron chi connectivity index (χ4n) is 2.98. The van der Waals surface area contributed by atoms with Crippen molar-refractivity contribution in [2.24, 2.45) is 5.16 Å². The van der Waals surface area contributed by atoms with Crippen molar-refractivity contribution in [3.05, 3.63) is 35.9 Å². The van der Waals surface area contributed by atoms with Crippen LogP contribution in [0.4, 0.5) is 0 Å². The van der Waals surface area contributed by atoms with Crippen LogP contribution in [0.15, 0.2) is 35.5 Å². The molecule has 1 saturated carbocycles. The second-order valence-electron chi connectivity index (χ2n) is 7.80. The Labute approximate surface area is 150 Å². The number of rotatable bonds is 6. The zero-order valence-electron chi connectivity index (χ0n) is 15.5. The summed E-state index contributed by atoms with van der Waals surface area (Å²) in [6.45, 7) is 6.81. The minimum absolute atomic E-state index is 0.0334. The first-order chi connectivity index (χ1) is 11.8. The van der Waals surface area contributed by atoms with Crippen molar-refractivity contribution in [1.29, 1.82) is 5.26 Å². The first-order valence-electron chi connectivity index (χ1n) is 8.92. The van der Waals surface area contributed by atoms with Crippen LogP contribution in [-0.2, 0) is 10.3 Å². The SMILES string of the molecule is CC(C)(C)NC[C@@H](O)CON=C1CCC(C#N)(c2ccccc2)CC1. The van der Waals surface area contributed by atoms with Gasteiger partial charge in [0.2, 0.25) is 0 Å². The predicted octanol–water partition coefficient (Wildman–Crippen LogP) is 3.14. The number of nitrogens with zero attached hydrogens (tertiary/aromatic N) is 2. The maximum atomic E-state index is 9.91. The molecule has 136 valence electrons. The van der Waals surface area contributed by atoms with Gasteiger partial charge >= 0.3 is 0 Å². The molecular weight excluding hydrogens is 314 g/mol. The van der Waals surface area contributed by atoms with E-state index in [0.29, 0.717) is 6.54 Å². The Hall–Kier alpha value is -1.90. The van der Waals surface area contributed by atoms with E-state index < -0.39 is 11.5 Å². The molecule has 0 saturated heterocycles. The number of aliphatic hydroxyl groups is 1. The molecule has 1 fully saturated rings. The van der Waals surface area contributed by atoms with E-state index in [-0.39, 0.29) is 12.1 Å². The molecule has 0 heterocycles. The van der Waals surface area contributed by atoms with Gasteiger partial charge in [0.05, 0.1) is 17.2 Å². The van der Waals surface area contributed by atoms with E-state index >= 15 is 0 Å². The van der Waals surface area contributed by atoms with Crippen molar-refractivity contribution < 1.29 is 9.94 Å². The number of nitriles is 1. The minimum atomic E-state index is -0.588. The normalized spacial score (nSPS) is 22.1. The van der Waals surface area contributed by atoms with Gasteiger partial charge in [0.1, 0.15) is 12.7 Å². The molecule has 0 spiro atoms. The Morgan fingerprint density at radius 2 is 1.92 bits per heavy atom. The van der Waals surface area contributed by atoms with Crippen LogP contribution in [0.3, 0.4) is 0 Å². The highest BCUT2D eigenvalue weighted by Gasteiger charge is 2.36. The molecule has 5 nitrogen and oxygen atoms in total. The molecule has 1 aromatic rings. The van der Waals surface area contributed by atoms with Gasteiger partial charge in [0.15, 0.2) is 0 Å². The Bertz CT molecular complexity index is 604. The third-order valence-corrected chi connectivity index (χ3v) is 4.55. The quantitative estimate of drug-likeness (QED) is 0.778. The van der Waals surface area contributed by atoms with Crippen LogP contribution in [0.2, 0.25) is 0 Å². The summed E-state index contributed by atoms with van der Waals surface area (Å²) in [7, 11) is 0. The Morgan fingerprint density at radius 1 is 1.28 bits per heavy atom. The first kappa shape index (κ1) is 19.4. The minimum Gasteiger partial charge on any atom is -0.393 e. The number of nitrogens with one attached hydrogen (secondary N) is 1. The third-order valence-electron chi connectivity index (χ3n) is 4.55. The van der Waals surface area contributed by atoms with Gasteiger partial charge in [-0.25, -0.2) is 0 Å². The smallest absolute Gasteiger partial charge is 0.144 e. The lowest BCUT2D eigenvalue weighted by atomic mass is 9.70. The predicted molar refractivity (Wildman–Crippen MR) is 99.4 cm³/mol. The average Bonchev–Trinajstić information content (AvgIpc) is 2.61. The van der Waals surface area contributed by atoms with Gasteiger partial charge < -0.3 is 15.3 Å². The van der Waals surface area contributed by atoms with E-state index in [1.54, 1.807) is 0 Å². The first-order valence-corrected chi connectivity index (χ1v) is 8.92. The van der Waals surface area contributed by atoms with Gasteiger partial charge in [-0.15, -0.1) is 0 Å². The molecule has 1 aromatic carbocycles. The molecule has 0 amide bonds. The van der Waals surface area contributed by atoms with Gasteiger partial charge in [-0.1, -0.05) is 35.5 Å². The van der Waals surface area contributed by atoms with E-state index in [4.69, 9.17) is 4.84 Å². The molecule has 1 aliphatic rings. The van der Waals surface area contributed by atoms with E-state index in [9.17, 15) is 10.4 Å². The van der Waals surface area contributed by atoms with Crippen molar-refractivity contribution in [2.75, 3.05) is 13.2 Å². The van der Waals surface area contributed by atoms with E-state index in [1.165, 1.54) is 0 Å². The number of benzene rings is 1. The maximum absolute atomic E-state index is 9.91. The lowest BCUT2D eigenvalue weighted by molar-refractivity contribution is 0.0364. The van der Waals surface area contributed by atoms with Crippen LogP contribution in [0, 0.1) is 11.3 Å². The third kappa shape index (κ3) is 5.84. The van der Waals surface area contributed by atoms with Crippen LogP contribution in [-0.4, -0.2) is 35.6 Å². The summed E-state index contributed by atoms with van der Waals surface area (Å²) in [4.78, 5) is 5.32. The second kappa shape index (κ2) is 8.46. The zero-order valence-corrected chi connectivity index (χ0v) is 15.5. The highest BCUT2D eigenvalue weighted by molar-refractivity contribution is 5.85. The molecule has 0 aliphatic heterocycles. The Kier molecular flexibility index (Phi) is 6.57. The summed E-state index contributed by atoms with van der Waals surface area (Å²) in [5.41, 5.74) is 1.60. The molecule has 0 unspecified atom stereocenters. The average molecular weight is 343 g/mol. The zero-order chi connectivity index (χ0) is 18.3. The summed E-state index contributed by atoms with van der Waals surface area (Å²) >= 11 is 0. The lowest BCUT2D eigenvalue weighted by Crippen LogP contribution is -2.42. The molecule has 1 atom stereocenters. The monoisotopic (exact) mass is 343 g/mol. The molecule has 5 heteroatoms. The Morgan fingerprint density at radius 3 is 2.48 bits per heavy atom. The molecule has 0 aromatic heterocycles. The summed E-state index contributed by atoms with van der Waals surface area (Å²) < 4.78 is 0. The molecule has 25 heavy (non-hydrogen) atoms. The number of aliphatic hydroxyl groups excluding tert-OH is 1. The van der Waals surface area contributed by atoms with Gasteiger partial charge in [-0.2, -0.15) is 5.26 Å². The van der Waals surface area contributed by atoms with Gasteiger partial charge in [-0.05, 0) is 52.0 Å². The van der Waals surface area contributed by atoms with E-state index in [0.717, 1.165) is 37.0 Å². The largest absolute Gasteiger partial charge is 0.393 e. The fourth-order valence-corrected chi connectivity index (χ4v) is 2.98. The highest BCUT2D eigenvalue weighted by atomic mass is 16.6. The molecule has 2 rings (SSSR count). The van der Waals surface area contributed by atoms with Crippen molar-refractivity contribution in [2.45, 2.75) is 63.5 Å². The molecule has 0 radical (unpaired) electrons. The summed E-state index contributed by atoms with van der Waals surface area (Å²) in [6.07, 6.45) is 2.42. The highest BCUT2D eigenvalue weighted by Crippen LogP contribution is 2.37. The fraction of sp³-hybridized carbons (Fsp3) is 0.600. The van der Waals surface area contributed by atoms with Crippen LogP contribution in [0.25, 0.3) is 0 Å². The van der Waals surface area contributed by atoms with Gasteiger partial charge in [-0.3, -0.25) is 0 Å². The maximum Gasteiger partial charge on any atom is 0.144 e. The number of β-amino-alcohol motifs (C(OH)–C–C–N with tert-alkyl or cyclic N) is 1. The molecule has 1 aliphatic carbocycles. The number of hydrogen-bond donors (Lipinski definition) is 2. The van der Waals surface area contributed by atoms with E-state index in [2.05, 4.69) is 37.3 Å². The van der Waals surface area contributed by atoms with Crippen LogP contribution >= 0.6 is 0 Å². The summed E-state index contributed by atoms with van der Waals surface area (Å²) in [5, 5.41) is 27.0. The van der Waals surface area contributed by atoms with Crippen molar-refractivity contribution >= 4 is 5.71 Å². The number of oxime groups is 1.